The van der Waals surface area contributed by atoms with Gasteiger partial charge in [-0.25, -0.2) is 0 Å². The molecule has 0 aliphatic carbocycles. The number of benzene rings is 2. The number of para-hydroxylation sites is 1. The van der Waals surface area contributed by atoms with Gasteiger partial charge in [0.1, 0.15) is 16.7 Å². The zero-order valence-electron chi connectivity index (χ0n) is 18.2. The molecule has 0 saturated carbocycles. The van der Waals surface area contributed by atoms with E-state index in [0.29, 0.717) is 6.54 Å². The van der Waals surface area contributed by atoms with E-state index in [0.717, 1.165) is 29.9 Å². The molecular formula is C23H32NO5P. The van der Waals surface area contributed by atoms with Crippen molar-refractivity contribution in [2.24, 2.45) is 0 Å². The first-order chi connectivity index (χ1) is 14.3. The van der Waals surface area contributed by atoms with Gasteiger partial charge in [0.25, 0.3) is 0 Å². The molecule has 7 heteroatoms. The van der Waals surface area contributed by atoms with E-state index in [-0.39, 0.29) is 19.1 Å². The first-order valence-electron chi connectivity index (χ1n) is 10.3. The van der Waals surface area contributed by atoms with Crippen LogP contribution in [0.15, 0.2) is 54.6 Å². The van der Waals surface area contributed by atoms with Crippen LogP contribution in [0.3, 0.4) is 0 Å². The number of hydrogen-bond donors (Lipinski definition) is 1. The fraction of sp³-hybridized carbons (Fsp3) is 0.435. The molecule has 0 radical (unpaired) electrons. The van der Waals surface area contributed by atoms with E-state index >= 15 is 0 Å². The van der Waals surface area contributed by atoms with Crippen molar-refractivity contribution >= 4 is 13.5 Å². The van der Waals surface area contributed by atoms with Crippen molar-refractivity contribution in [2.75, 3.05) is 19.8 Å². The van der Waals surface area contributed by atoms with Crippen LogP contribution in [0.4, 0.5) is 0 Å². The van der Waals surface area contributed by atoms with Crippen LogP contribution in [0.25, 0.3) is 0 Å². The van der Waals surface area contributed by atoms with Gasteiger partial charge in [0, 0.05) is 6.54 Å². The molecule has 164 valence electrons. The number of carbonyl (C=O) groups is 1. The highest BCUT2D eigenvalue weighted by Crippen LogP contribution is 2.59. The molecular weight excluding hydrogens is 401 g/mol. The van der Waals surface area contributed by atoms with Crippen LogP contribution >= 0.6 is 7.60 Å². The van der Waals surface area contributed by atoms with Crippen molar-refractivity contribution < 1.29 is 23.1 Å². The topological polar surface area (TPSA) is 73.9 Å². The second-order valence-corrected chi connectivity index (χ2v) is 9.94. The predicted molar refractivity (Wildman–Crippen MR) is 119 cm³/mol. The third kappa shape index (κ3) is 6.43. The Morgan fingerprint density at radius 1 is 0.967 bits per heavy atom. The van der Waals surface area contributed by atoms with Gasteiger partial charge in [-0.2, -0.15) is 0 Å². The number of aryl methyl sites for hydroxylation is 1. The minimum Gasteiger partial charge on any atom is -0.457 e. The Morgan fingerprint density at radius 3 is 2.23 bits per heavy atom. The maximum absolute atomic E-state index is 13.0. The molecule has 0 bridgehead atoms. The van der Waals surface area contributed by atoms with Crippen molar-refractivity contribution in [3.63, 3.8) is 0 Å². The molecule has 0 saturated heterocycles. The van der Waals surface area contributed by atoms with Gasteiger partial charge in [-0.3, -0.25) is 9.36 Å². The van der Waals surface area contributed by atoms with Crippen LogP contribution in [-0.2, 0) is 24.8 Å². The van der Waals surface area contributed by atoms with Gasteiger partial charge >= 0.3 is 7.60 Å². The van der Waals surface area contributed by atoms with Crippen LogP contribution < -0.4 is 10.1 Å². The molecule has 0 aromatic heterocycles. The van der Waals surface area contributed by atoms with Gasteiger partial charge < -0.3 is 19.1 Å². The van der Waals surface area contributed by atoms with Crippen LogP contribution in [-0.4, -0.2) is 30.8 Å². The Kier molecular flexibility index (Phi) is 9.09. The number of ether oxygens (including phenoxy) is 1. The predicted octanol–water partition coefficient (Wildman–Crippen LogP) is 5.57. The fourth-order valence-corrected chi connectivity index (χ4v) is 4.65. The first-order valence-corrected chi connectivity index (χ1v) is 11.9. The maximum atomic E-state index is 13.0. The highest BCUT2D eigenvalue weighted by atomic mass is 31.2. The van der Waals surface area contributed by atoms with Gasteiger partial charge in [0.05, 0.1) is 13.2 Å². The molecule has 0 aliphatic rings. The molecule has 0 fully saturated rings. The summed E-state index contributed by atoms with van der Waals surface area (Å²) in [6.07, 6.45) is 1.52. The summed E-state index contributed by atoms with van der Waals surface area (Å²) in [7, 11) is -3.55. The smallest absolute Gasteiger partial charge is 0.345 e. The van der Waals surface area contributed by atoms with Crippen molar-refractivity contribution in [1.82, 2.24) is 5.32 Å². The average molecular weight is 433 g/mol. The van der Waals surface area contributed by atoms with Crippen molar-refractivity contribution in [3.8, 4) is 11.5 Å². The summed E-state index contributed by atoms with van der Waals surface area (Å²) < 4.78 is 29.6. The van der Waals surface area contributed by atoms with Crippen molar-refractivity contribution in [2.45, 2.75) is 45.7 Å². The van der Waals surface area contributed by atoms with Crippen LogP contribution in [0.1, 0.15) is 39.7 Å². The van der Waals surface area contributed by atoms with Crippen LogP contribution in [0.2, 0.25) is 0 Å². The lowest BCUT2D eigenvalue weighted by atomic mass is 10.1. The Labute approximate surface area is 179 Å². The number of hydrogen-bond acceptors (Lipinski definition) is 5. The lowest BCUT2D eigenvalue weighted by molar-refractivity contribution is -0.123. The van der Waals surface area contributed by atoms with E-state index in [2.05, 4.69) is 5.32 Å². The highest BCUT2D eigenvalue weighted by molar-refractivity contribution is 7.56. The zero-order valence-corrected chi connectivity index (χ0v) is 19.1. The first kappa shape index (κ1) is 24.1. The van der Waals surface area contributed by atoms with Gasteiger partial charge in [-0.15, -0.1) is 0 Å². The standard InChI is InChI=1S/C23H32NO5P/c1-5-27-30(26,28-6-2)23(3,4)22(25)24-17-11-13-19-12-10-16-21(18-19)29-20-14-8-7-9-15-20/h7-10,12,14-16,18H,5-6,11,13,17H2,1-4H3,(H,24,25). The molecule has 1 N–H and O–H groups in total. The highest BCUT2D eigenvalue weighted by Gasteiger charge is 2.49. The van der Waals surface area contributed by atoms with Gasteiger partial charge in [-0.05, 0) is 70.4 Å². The number of nitrogens with one attached hydrogen (secondary N) is 1. The summed E-state index contributed by atoms with van der Waals surface area (Å²) in [5, 5.41) is 1.61. The molecule has 0 aliphatic heterocycles. The van der Waals surface area contributed by atoms with E-state index in [9.17, 15) is 9.36 Å². The Bertz CT molecular complexity index is 844. The third-order valence-corrected chi connectivity index (χ3v) is 7.41. The minimum atomic E-state index is -3.55. The lowest BCUT2D eigenvalue weighted by Gasteiger charge is -2.31. The van der Waals surface area contributed by atoms with Gasteiger partial charge in [0.15, 0.2) is 0 Å². The molecule has 0 heterocycles. The van der Waals surface area contributed by atoms with Gasteiger partial charge in [0.2, 0.25) is 5.91 Å². The minimum absolute atomic E-state index is 0.218. The monoisotopic (exact) mass is 433 g/mol. The Balaban J connectivity index is 1.87. The molecule has 2 aromatic carbocycles. The molecule has 1 amide bonds. The second-order valence-electron chi connectivity index (χ2n) is 7.31. The normalized spacial score (nSPS) is 11.9. The molecule has 2 rings (SSSR count). The molecule has 0 spiro atoms. The SMILES string of the molecule is CCOP(=O)(OCC)C(C)(C)C(=O)NCCCc1cccc(Oc2ccccc2)c1. The molecule has 2 aromatic rings. The van der Waals surface area contributed by atoms with Crippen LogP contribution in [0, 0.1) is 0 Å². The third-order valence-electron chi connectivity index (χ3n) is 4.64. The molecule has 6 nitrogen and oxygen atoms in total. The molecule has 0 atom stereocenters. The fourth-order valence-electron chi connectivity index (χ4n) is 2.92. The van der Waals surface area contributed by atoms with E-state index in [1.54, 1.807) is 27.7 Å². The lowest BCUT2D eigenvalue weighted by Crippen LogP contribution is -2.43. The number of carbonyl (C=O) groups excluding carboxylic acids is 1. The number of rotatable bonds is 12. The maximum Gasteiger partial charge on any atom is 0.345 e. The van der Waals surface area contributed by atoms with E-state index in [1.165, 1.54) is 0 Å². The summed E-state index contributed by atoms with van der Waals surface area (Å²) in [5.74, 6) is 1.23. The quantitative estimate of drug-likeness (QED) is 0.350. The summed E-state index contributed by atoms with van der Waals surface area (Å²) in [5.41, 5.74) is 1.12. The second kappa shape index (κ2) is 11.3. The zero-order chi connectivity index (χ0) is 22.0. The van der Waals surface area contributed by atoms with Gasteiger partial charge in [-0.1, -0.05) is 30.3 Å². The Hall–Kier alpha value is -2.14. The number of amides is 1. The van der Waals surface area contributed by atoms with Crippen molar-refractivity contribution in [3.05, 3.63) is 60.2 Å². The van der Waals surface area contributed by atoms with E-state index in [4.69, 9.17) is 13.8 Å². The van der Waals surface area contributed by atoms with E-state index < -0.39 is 12.8 Å². The summed E-state index contributed by atoms with van der Waals surface area (Å²) in [6, 6.07) is 17.5. The molecule has 0 unspecified atom stereocenters. The van der Waals surface area contributed by atoms with Crippen LogP contribution in [0.5, 0.6) is 11.5 Å². The summed E-state index contributed by atoms with van der Waals surface area (Å²) in [6.45, 7) is 7.55. The average Bonchev–Trinajstić information content (AvgIpc) is 2.72. The summed E-state index contributed by atoms with van der Waals surface area (Å²) >= 11 is 0. The van der Waals surface area contributed by atoms with E-state index in [1.807, 2.05) is 54.6 Å². The Morgan fingerprint density at radius 2 is 1.60 bits per heavy atom. The summed E-state index contributed by atoms with van der Waals surface area (Å²) in [4.78, 5) is 12.7. The molecule has 30 heavy (non-hydrogen) atoms. The van der Waals surface area contributed by atoms with Crippen molar-refractivity contribution in [1.29, 1.82) is 0 Å². The largest absolute Gasteiger partial charge is 0.457 e.